The summed E-state index contributed by atoms with van der Waals surface area (Å²) in [5.74, 6) is 2.82. The van der Waals surface area contributed by atoms with E-state index in [2.05, 4.69) is 21.9 Å². The monoisotopic (exact) mass is 331 g/mol. The van der Waals surface area contributed by atoms with Crippen LogP contribution in [0, 0.1) is 5.92 Å². The number of hydrogen-bond donors (Lipinski definition) is 2. The van der Waals surface area contributed by atoms with Crippen LogP contribution >= 0.6 is 11.8 Å². The van der Waals surface area contributed by atoms with Gasteiger partial charge in [0.05, 0.1) is 0 Å². The molecule has 0 unspecified atom stereocenters. The van der Waals surface area contributed by atoms with Crippen molar-refractivity contribution in [3.63, 3.8) is 0 Å². The van der Waals surface area contributed by atoms with Crippen LogP contribution in [0.5, 0.6) is 0 Å². The molecule has 0 aliphatic carbocycles. The molecule has 0 saturated carbocycles. The van der Waals surface area contributed by atoms with Gasteiger partial charge < -0.3 is 20.1 Å². The summed E-state index contributed by atoms with van der Waals surface area (Å²) in [7, 11) is 1.82. The van der Waals surface area contributed by atoms with Crippen molar-refractivity contribution < 1.29 is 9.47 Å². The highest BCUT2D eigenvalue weighted by Crippen LogP contribution is 2.14. The van der Waals surface area contributed by atoms with Crippen molar-refractivity contribution in [3.8, 4) is 0 Å². The first-order valence-electron chi connectivity index (χ1n) is 8.45. The molecule has 0 atom stereocenters. The zero-order valence-corrected chi connectivity index (χ0v) is 15.1. The van der Waals surface area contributed by atoms with Crippen LogP contribution in [0.15, 0.2) is 4.99 Å². The lowest BCUT2D eigenvalue weighted by Gasteiger charge is -2.21. The van der Waals surface area contributed by atoms with E-state index in [9.17, 15) is 0 Å². The van der Waals surface area contributed by atoms with Crippen LogP contribution < -0.4 is 10.6 Å². The second kappa shape index (κ2) is 14.2. The van der Waals surface area contributed by atoms with E-state index in [-0.39, 0.29) is 0 Å². The first-order valence-corrected chi connectivity index (χ1v) is 9.85. The fourth-order valence-electron chi connectivity index (χ4n) is 2.34. The summed E-state index contributed by atoms with van der Waals surface area (Å²) in [5, 5.41) is 6.68. The number of aliphatic imine (C=N–C) groups is 1. The standard InChI is InChI=1S/C16H33N3O2S/c1-17-16(18-8-3-4-13-22-2)19-9-5-10-21-14-15-6-11-20-12-7-15/h15H,3-14H2,1-2H3,(H2,17,18,19). The van der Waals surface area contributed by atoms with Gasteiger partial charge in [-0.1, -0.05) is 0 Å². The highest BCUT2D eigenvalue weighted by molar-refractivity contribution is 7.98. The molecule has 1 aliphatic heterocycles. The highest BCUT2D eigenvalue weighted by atomic mass is 32.2. The quantitative estimate of drug-likeness (QED) is 0.345. The molecule has 0 bridgehead atoms. The molecule has 6 heteroatoms. The number of thioether (sulfide) groups is 1. The maximum Gasteiger partial charge on any atom is 0.190 e. The lowest BCUT2D eigenvalue weighted by atomic mass is 10.0. The van der Waals surface area contributed by atoms with Crippen molar-refractivity contribution in [1.82, 2.24) is 10.6 Å². The van der Waals surface area contributed by atoms with Crippen LogP contribution in [0.2, 0.25) is 0 Å². The number of guanidine groups is 1. The fraction of sp³-hybridized carbons (Fsp3) is 0.938. The minimum atomic E-state index is 0.692. The van der Waals surface area contributed by atoms with Crippen molar-refractivity contribution in [2.24, 2.45) is 10.9 Å². The second-order valence-electron chi connectivity index (χ2n) is 5.61. The van der Waals surface area contributed by atoms with Crippen LogP contribution in [0.4, 0.5) is 0 Å². The Morgan fingerprint density at radius 3 is 2.59 bits per heavy atom. The summed E-state index contributed by atoms with van der Waals surface area (Å²) in [6.07, 6.45) is 7.89. The van der Waals surface area contributed by atoms with Crippen LogP contribution in [-0.2, 0) is 9.47 Å². The molecule has 0 aromatic heterocycles. The molecule has 2 N–H and O–H groups in total. The van der Waals surface area contributed by atoms with E-state index < -0.39 is 0 Å². The van der Waals surface area contributed by atoms with Crippen LogP contribution in [0.3, 0.4) is 0 Å². The van der Waals surface area contributed by atoms with Crippen molar-refractivity contribution in [2.75, 3.05) is 58.6 Å². The maximum absolute atomic E-state index is 5.76. The van der Waals surface area contributed by atoms with Gasteiger partial charge in [0.2, 0.25) is 0 Å². The maximum atomic E-state index is 5.76. The molecule has 1 heterocycles. The molecular formula is C16H33N3O2S. The Hall–Kier alpha value is -0.460. The Morgan fingerprint density at radius 2 is 1.91 bits per heavy atom. The van der Waals surface area contributed by atoms with Gasteiger partial charge in [-0.05, 0) is 50.0 Å². The van der Waals surface area contributed by atoms with E-state index in [4.69, 9.17) is 9.47 Å². The zero-order valence-electron chi connectivity index (χ0n) is 14.2. The molecule has 1 rings (SSSR count). The van der Waals surface area contributed by atoms with E-state index in [0.29, 0.717) is 5.92 Å². The highest BCUT2D eigenvalue weighted by Gasteiger charge is 2.13. The van der Waals surface area contributed by atoms with Gasteiger partial charge >= 0.3 is 0 Å². The van der Waals surface area contributed by atoms with Gasteiger partial charge in [0.15, 0.2) is 5.96 Å². The van der Waals surface area contributed by atoms with Crippen LogP contribution in [-0.4, -0.2) is 64.5 Å². The van der Waals surface area contributed by atoms with Crippen molar-refractivity contribution in [2.45, 2.75) is 32.1 Å². The lowest BCUT2D eigenvalue weighted by molar-refractivity contribution is 0.0203. The topological polar surface area (TPSA) is 54.9 Å². The Balaban J connectivity index is 1.90. The van der Waals surface area contributed by atoms with Gasteiger partial charge in [-0.3, -0.25) is 4.99 Å². The summed E-state index contributed by atoms with van der Waals surface area (Å²) >= 11 is 1.90. The molecule has 1 fully saturated rings. The smallest absolute Gasteiger partial charge is 0.190 e. The number of unbranched alkanes of at least 4 members (excludes halogenated alkanes) is 1. The van der Waals surface area contributed by atoms with Crippen LogP contribution in [0.1, 0.15) is 32.1 Å². The van der Waals surface area contributed by atoms with E-state index in [1.54, 1.807) is 0 Å². The Bertz CT molecular complexity index is 285. The largest absolute Gasteiger partial charge is 0.381 e. The third kappa shape index (κ3) is 10.3. The van der Waals surface area contributed by atoms with Crippen molar-refractivity contribution >= 4 is 17.7 Å². The summed E-state index contributed by atoms with van der Waals surface area (Å²) in [6.45, 7) is 5.38. The van der Waals surface area contributed by atoms with E-state index in [1.165, 1.54) is 18.6 Å². The fourth-order valence-corrected chi connectivity index (χ4v) is 2.84. The SMILES string of the molecule is CN=C(NCCCCSC)NCCCOCC1CCOCC1. The third-order valence-corrected chi connectivity index (χ3v) is 4.44. The molecule has 5 nitrogen and oxygen atoms in total. The number of nitrogens with zero attached hydrogens (tertiary/aromatic N) is 1. The zero-order chi connectivity index (χ0) is 15.9. The Morgan fingerprint density at radius 1 is 1.18 bits per heavy atom. The molecule has 1 saturated heterocycles. The first kappa shape index (κ1) is 19.6. The molecule has 0 spiro atoms. The van der Waals surface area contributed by atoms with Gasteiger partial charge in [-0.25, -0.2) is 0 Å². The van der Waals surface area contributed by atoms with Gasteiger partial charge in [-0.2, -0.15) is 11.8 Å². The van der Waals surface area contributed by atoms with E-state index in [0.717, 1.165) is 64.7 Å². The second-order valence-corrected chi connectivity index (χ2v) is 6.60. The predicted molar refractivity (Wildman–Crippen MR) is 96.0 cm³/mol. The molecule has 0 radical (unpaired) electrons. The van der Waals surface area contributed by atoms with Crippen molar-refractivity contribution in [3.05, 3.63) is 0 Å². The molecule has 1 aliphatic rings. The van der Waals surface area contributed by atoms with Crippen LogP contribution in [0.25, 0.3) is 0 Å². The average Bonchev–Trinajstić information content (AvgIpc) is 2.56. The molecule has 22 heavy (non-hydrogen) atoms. The minimum Gasteiger partial charge on any atom is -0.381 e. The average molecular weight is 332 g/mol. The molecule has 0 aromatic carbocycles. The van der Waals surface area contributed by atoms with Gasteiger partial charge in [-0.15, -0.1) is 0 Å². The van der Waals surface area contributed by atoms with Gasteiger partial charge in [0.1, 0.15) is 0 Å². The lowest BCUT2D eigenvalue weighted by Crippen LogP contribution is -2.38. The van der Waals surface area contributed by atoms with E-state index >= 15 is 0 Å². The van der Waals surface area contributed by atoms with Gasteiger partial charge in [0, 0.05) is 46.6 Å². The summed E-state index contributed by atoms with van der Waals surface area (Å²) < 4.78 is 11.1. The summed E-state index contributed by atoms with van der Waals surface area (Å²) in [4.78, 5) is 4.23. The predicted octanol–water partition coefficient (Wildman–Crippen LogP) is 2.13. The first-order chi connectivity index (χ1) is 10.9. The minimum absolute atomic E-state index is 0.692. The molecule has 0 amide bonds. The summed E-state index contributed by atoms with van der Waals surface area (Å²) in [6, 6.07) is 0. The number of hydrogen-bond acceptors (Lipinski definition) is 4. The molecule has 130 valence electrons. The van der Waals surface area contributed by atoms with Gasteiger partial charge in [0.25, 0.3) is 0 Å². The van der Waals surface area contributed by atoms with Crippen molar-refractivity contribution in [1.29, 1.82) is 0 Å². The normalized spacial score (nSPS) is 16.7. The summed E-state index contributed by atoms with van der Waals surface area (Å²) in [5.41, 5.74) is 0. The Kier molecular flexibility index (Phi) is 12.6. The third-order valence-electron chi connectivity index (χ3n) is 3.74. The molecular weight excluding hydrogens is 298 g/mol. The molecule has 0 aromatic rings. The number of nitrogens with one attached hydrogen (secondary N) is 2. The Labute approximate surface area is 140 Å². The number of ether oxygens (including phenoxy) is 2. The number of rotatable bonds is 11. The van der Waals surface area contributed by atoms with E-state index in [1.807, 2.05) is 18.8 Å².